The predicted molar refractivity (Wildman–Crippen MR) is 80.1 cm³/mol. The second-order valence-corrected chi connectivity index (χ2v) is 5.87. The third-order valence-electron chi connectivity index (χ3n) is 3.32. The number of nitrogens with two attached hydrogens (primary N) is 1. The number of hydrogen-bond donors (Lipinski definition) is 3. The van der Waals surface area contributed by atoms with E-state index in [1.165, 1.54) is 0 Å². The van der Waals surface area contributed by atoms with Gasteiger partial charge in [-0.3, -0.25) is 14.4 Å². The van der Waals surface area contributed by atoms with Crippen LogP contribution in [0.5, 0.6) is 0 Å². The van der Waals surface area contributed by atoms with Crippen LogP contribution >= 0.6 is 15.9 Å². The van der Waals surface area contributed by atoms with Crippen molar-refractivity contribution >= 4 is 33.7 Å². The highest BCUT2D eigenvalue weighted by atomic mass is 79.9. The lowest BCUT2D eigenvalue weighted by Crippen LogP contribution is -2.51. The second-order valence-electron chi connectivity index (χ2n) is 4.95. The number of hydrogen-bond acceptors (Lipinski definition) is 3. The molecule has 1 fully saturated rings. The number of halogens is 1. The molecule has 2 rings (SSSR count). The molecule has 1 saturated heterocycles. The van der Waals surface area contributed by atoms with Gasteiger partial charge in [0.25, 0.3) is 0 Å². The first kappa shape index (κ1) is 15.5. The van der Waals surface area contributed by atoms with Gasteiger partial charge in [-0.05, 0) is 24.1 Å². The van der Waals surface area contributed by atoms with E-state index in [-0.39, 0.29) is 11.8 Å². The molecule has 1 aromatic rings. The highest BCUT2D eigenvalue weighted by molar-refractivity contribution is 9.10. The Morgan fingerprint density at radius 3 is 2.57 bits per heavy atom. The van der Waals surface area contributed by atoms with Gasteiger partial charge in [-0.25, -0.2) is 0 Å². The number of primary amides is 1. The first-order valence-electron chi connectivity index (χ1n) is 6.59. The summed E-state index contributed by atoms with van der Waals surface area (Å²) in [4.78, 5) is 34.6. The molecule has 0 aliphatic carbocycles. The molecule has 2 atom stereocenters. The molecule has 0 unspecified atom stereocenters. The van der Waals surface area contributed by atoms with E-state index in [9.17, 15) is 14.4 Å². The van der Waals surface area contributed by atoms with Gasteiger partial charge in [0.05, 0.1) is 0 Å². The molecule has 1 aliphatic rings. The van der Waals surface area contributed by atoms with Crippen LogP contribution in [0.3, 0.4) is 0 Å². The lowest BCUT2D eigenvalue weighted by molar-refractivity contribution is -0.129. The van der Waals surface area contributed by atoms with Crippen LogP contribution in [0.4, 0.5) is 0 Å². The zero-order valence-electron chi connectivity index (χ0n) is 11.3. The number of nitrogens with one attached hydrogen (secondary N) is 2. The maximum Gasteiger partial charge on any atom is 0.243 e. The molecule has 1 aromatic carbocycles. The van der Waals surface area contributed by atoms with Crippen molar-refractivity contribution in [1.82, 2.24) is 10.6 Å². The Balaban J connectivity index is 1.99. The van der Waals surface area contributed by atoms with Gasteiger partial charge >= 0.3 is 0 Å². The molecule has 0 bridgehead atoms. The van der Waals surface area contributed by atoms with Crippen LogP contribution in [-0.2, 0) is 20.8 Å². The van der Waals surface area contributed by atoms with Crippen LogP contribution in [0, 0.1) is 0 Å². The first-order chi connectivity index (χ1) is 9.95. The SMILES string of the molecule is NC(=O)[C@@H](Cc1ccc(Br)cc1)NC(=O)[C@@H]1CCC(=O)N1. The molecule has 1 aliphatic heterocycles. The fourth-order valence-corrected chi connectivity index (χ4v) is 2.43. The standard InChI is InChI=1S/C14H16BrN3O3/c15-9-3-1-8(2-4-9)7-11(13(16)20)18-14(21)10-5-6-12(19)17-10/h1-4,10-11H,5-7H2,(H2,16,20)(H,17,19)(H,18,21)/t10-,11+/m0/s1. The van der Waals surface area contributed by atoms with Gasteiger partial charge in [0.15, 0.2) is 0 Å². The van der Waals surface area contributed by atoms with E-state index in [2.05, 4.69) is 26.6 Å². The fraction of sp³-hybridized carbons (Fsp3) is 0.357. The molecular formula is C14H16BrN3O3. The number of carbonyl (C=O) groups is 3. The van der Waals surface area contributed by atoms with Gasteiger partial charge in [-0.15, -0.1) is 0 Å². The maximum atomic E-state index is 12.0. The van der Waals surface area contributed by atoms with Crippen LogP contribution in [0.25, 0.3) is 0 Å². The average molecular weight is 354 g/mol. The lowest BCUT2D eigenvalue weighted by atomic mass is 10.0. The zero-order chi connectivity index (χ0) is 15.4. The highest BCUT2D eigenvalue weighted by Crippen LogP contribution is 2.12. The van der Waals surface area contributed by atoms with E-state index in [0.29, 0.717) is 19.3 Å². The fourth-order valence-electron chi connectivity index (χ4n) is 2.16. The normalized spacial score (nSPS) is 18.9. The largest absolute Gasteiger partial charge is 0.368 e. The number of rotatable bonds is 5. The number of benzene rings is 1. The molecule has 0 aromatic heterocycles. The molecule has 112 valence electrons. The number of amides is 3. The van der Waals surface area contributed by atoms with E-state index in [1.807, 2.05) is 24.3 Å². The Labute approximate surface area is 130 Å². The summed E-state index contributed by atoms with van der Waals surface area (Å²) in [5.74, 6) is -1.13. The van der Waals surface area contributed by atoms with E-state index in [4.69, 9.17) is 5.73 Å². The monoisotopic (exact) mass is 353 g/mol. The van der Waals surface area contributed by atoms with E-state index in [0.717, 1.165) is 10.0 Å². The van der Waals surface area contributed by atoms with Gasteiger partial charge in [-0.1, -0.05) is 28.1 Å². The summed E-state index contributed by atoms with van der Waals surface area (Å²) in [7, 11) is 0. The van der Waals surface area contributed by atoms with Crippen molar-refractivity contribution in [3.63, 3.8) is 0 Å². The van der Waals surface area contributed by atoms with Gasteiger partial charge in [0.1, 0.15) is 12.1 Å². The molecule has 1 heterocycles. The van der Waals surface area contributed by atoms with Gasteiger partial charge in [-0.2, -0.15) is 0 Å². The van der Waals surface area contributed by atoms with E-state index in [1.54, 1.807) is 0 Å². The molecule has 0 radical (unpaired) electrons. The predicted octanol–water partition coefficient (Wildman–Crippen LogP) is 0.240. The topological polar surface area (TPSA) is 101 Å². The molecule has 0 saturated carbocycles. The van der Waals surface area contributed by atoms with Crippen LogP contribution in [0.15, 0.2) is 28.7 Å². The second kappa shape index (κ2) is 6.71. The average Bonchev–Trinajstić information content (AvgIpc) is 2.87. The summed E-state index contributed by atoms with van der Waals surface area (Å²) in [5.41, 5.74) is 6.23. The van der Waals surface area contributed by atoms with Gasteiger partial charge < -0.3 is 16.4 Å². The van der Waals surface area contributed by atoms with Crippen molar-refractivity contribution in [2.45, 2.75) is 31.3 Å². The van der Waals surface area contributed by atoms with E-state index >= 15 is 0 Å². The smallest absolute Gasteiger partial charge is 0.243 e. The van der Waals surface area contributed by atoms with Gasteiger partial charge in [0, 0.05) is 17.3 Å². The zero-order valence-corrected chi connectivity index (χ0v) is 12.9. The van der Waals surface area contributed by atoms with Crippen LogP contribution in [-0.4, -0.2) is 29.8 Å². The Kier molecular flexibility index (Phi) is 4.95. The van der Waals surface area contributed by atoms with Gasteiger partial charge in [0.2, 0.25) is 17.7 Å². The minimum absolute atomic E-state index is 0.154. The minimum Gasteiger partial charge on any atom is -0.368 e. The molecule has 0 spiro atoms. The van der Waals surface area contributed by atoms with Crippen molar-refractivity contribution in [3.05, 3.63) is 34.3 Å². The molecule has 4 N–H and O–H groups in total. The minimum atomic E-state index is -0.795. The van der Waals surface area contributed by atoms with Crippen molar-refractivity contribution in [2.75, 3.05) is 0 Å². The van der Waals surface area contributed by atoms with Crippen molar-refractivity contribution in [3.8, 4) is 0 Å². The molecule has 6 nitrogen and oxygen atoms in total. The summed E-state index contributed by atoms with van der Waals surface area (Å²) >= 11 is 3.33. The van der Waals surface area contributed by atoms with Crippen LogP contribution in [0.1, 0.15) is 18.4 Å². The Hall–Kier alpha value is -1.89. The Morgan fingerprint density at radius 1 is 1.38 bits per heavy atom. The molecular weight excluding hydrogens is 338 g/mol. The highest BCUT2D eigenvalue weighted by Gasteiger charge is 2.29. The third-order valence-corrected chi connectivity index (χ3v) is 3.85. The summed E-state index contributed by atoms with van der Waals surface area (Å²) < 4.78 is 0.930. The summed E-state index contributed by atoms with van der Waals surface area (Å²) in [6.07, 6.45) is 1.08. The molecule has 7 heteroatoms. The summed E-state index contributed by atoms with van der Waals surface area (Å²) in [5, 5.41) is 5.16. The van der Waals surface area contributed by atoms with Crippen LogP contribution in [0.2, 0.25) is 0 Å². The van der Waals surface area contributed by atoms with E-state index < -0.39 is 18.0 Å². The maximum absolute atomic E-state index is 12.0. The summed E-state index contributed by atoms with van der Waals surface area (Å²) in [6, 6.07) is 6.03. The van der Waals surface area contributed by atoms with Crippen LogP contribution < -0.4 is 16.4 Å². The number of carbonyl (C=O) groups excluding carboxylic acids is 3. The van der Waals surface area contributed by atoms with Crippen molar-refractivity contribution in [2.24, 2.45) is 5.73 Å². The molecule has 21 heavy (non-hydrogen) atoms. The first-order valence-corrected chi connectivity index (χ1v) is 7.38. The Morgan fingerprint density at radius 2 is 2.05 bits per heavy atom. The van der Waals surface area contributed by atoms with Crippen molar-refractivity contribution < 1.29 is 14.4 Å². The third kappa shape index (κ3) is 4.29. The quantitative estimate of drug-likeness (QED) is 0.706. The van der Waals surface area contributed by atoms with Crippen molar-refractivity contribution in [1.29, 1.82) is 0 Å². The lowest BCUT2D eigenvalue weighted by Gasteiger charge is -2.18. The Bertz CT molecular complexity index is 559. The summed E-state index contributed by atoms with van der Waals surface area (Å²) in [6.45, 7) is 0. The molecule has 3 amide bonds.